The van der Waals surface area contributed by atoms with E-state index in [1.54, 1.807) is 25.2 Å². The molecular formula is C11H13BrN4O2S. The van der Waals surface area contributed by atoms with Crippen LogP contribution in [0.5, 0.6) is 0 Å². The molecule has 2 aromatic heterocycles. The minimum Gasteiger partial charge on any atom is -0.363 e. The van der Waals surface area contributed by atoms with Gasteiger partial charge in [-0.3, -0.25) is 4.72 Å². The molecule has 8 heteroatoms. The van der Waals surface area contributed by atoms with Gasteiger partial charge in [0, 0.05) is 29.1 Å². The van der Waals surface area contributed by atoms with E-state index in [0.717, 1.165) is 10.2 Å². The highest BCUT2D eigenvalue weighted by Gasteiger charge is 2.16. The minimum absolute atomic E-state index is 0.183. The Morgan fingerprint density at radius 1 is 1.42 bits per heavy atom. The predicted octanol–water partition coefficient (Wildman–Crippen LogP) is 1.69. The normalized spacial score (nSPS) is 11.5. The Labute approximate surface area is 119 Å². The molecule has 0 amide bonds. The lowest BCUT2D eigenvalue weighted by atomic mass is 10.4. The first-order valence-corrected chi connectivity index (χ1v) is 7.75. The van der Waals surface area contributed by atoms with E-state index in [4.69, 9.17) is 0 Å². The number of H-pyrrole nitrogens is 1. The van der Waals surface area contributed by atoms with Crippen molar-refractivity contribution < 1.29 is 8.42 Å². The van der Waals surface area contributed by atoms with Crippen LogP contribution in [0.25, 0.3) is 0 Å². The number of anilines is 1. The molecule has 102 valence electrons. The standard InChI is InChI=1S/C11H13BrN4O2S/c1-13-6-9-4-10(7-14-9)19(17,18)16-11-3-2-8(12)5-15-11/h2-5,7,13-14H,6H2,1H3,(H,15,16). The molecule has 0 radical (unpaired) electrons. The summed E-state index contributed by atoms with van der Waals surface area (Å²) < 4.78 is 27.4. The first kappa shape index (κ1) is 14.0. The van der Waals surface area contributed by atoms with E-state index in [-0.39, 0.29) is 10.7 Å². The molecule has 19 heavy (non-hydrogen) atoms. The van der Waals surface area contributed by atoms with Crippen molar-refractivity contribution in [3.05, 3.63) is 40.8 Å². The van der Waals surface area contributed by atoms with Gasteiger partial charge in [-0.25, -0.2) is 13.4 Å². The first-order valence-electron chi connectivity index (χ1n) is 5.47. The molecule has 2 rings (SSSR count). The second-order valence-electron chi connectivity index (χ2n) is 3.86. The van der Waals surface area contributed by atoms with Crippen LogP contribution in [0.1, 0.15) is 5.69 Å². The fourth-order valence-corrected chi connectivity index (χ4v) is 2.76. The molecule has 0 aromatic carbocycles. The lowest BCUT2D eigenvalue weighted by Crippen LogP contribution is -2.13. The number of aromatic amines is 1. The summed E-state index contributed by atoms with van der Waals surface area (Å²) in [5.41, 5.74) is 0.798. The molecule has 3 N–H and O–H groups in total. The molecule has 0 bridgehead atoms. The van der Waals surface area contributed by atoms with Gasteiger partial charge in [0.1, 0.15) is 10.7 Å². The van der Waals surface area contributed by atoms with E-state index in [1.807, 2.05) is 0 Å². The van der Waals surface area contributed by atoms with E-state index in [0.29, 0.717) is 6.54 Å². The summed E-state index contributed by atoms with van der Waals surface area (Å²) in [6, 6.07) is 4.88. The van der Waals surface area contributed by atoms with E-state index >= 15 is 0 Å². The fourth-order valence-electron chi connectivity index (χ4n) is 1.50. The molecule has 0 aliphatic carbocycles. The Kier molecular flexibility index (Phi) is 4.23. The van der Waals surface area contributed by atoms with Crippen molar-refractivity contribution in [2.45, 2.75) is 11.4 Å². The molecule has 0 aliphatic heterocycles. The summed E-state index contributed by atoms with van der Waals surface area (Å²) in [6.45, 7) is 0.575. The summed E-state index contributed by atoms with van der Waals surface area (Å²) in [5.74, 6) is 0.277. The third-order valence-electron chi connectivity index (χ3n) is 2.36. The predicted molar refractivity (Wildman–Crippen MR) is 76.3 cm³/mol. The number of nitrogens with one attached hydrogen (secondary N) is 3. The summed E-state index contributed by atoms with van der Waals surface area (Å²) in [6.07, 6.45) is 2.98. The number of nitrogens with zero attached hydrogens (tertiary/aromatic N) is 1. The number of sulfonamides is 1. The van der Waals surface area contributed by atoms with Crippen LogP contribution < -0.4 is 10.0 Å². The van der Waals surface area contributed by atoms with E-state index in [9.17, 15) is 8.42 Å². The number of hydrogen-bond donors (Lipinski definition) is 3. The van der Waals surface area contributed by atoms with Gasteiger partial charge in [-0.05, 0) is 41.2 Å². The van der Waals surface area contributed by atoms with Crippen LogP contribution in [-0.4, -0.2) is 25.4 Å². The Balaban J connectivity index is 2.19. The summed E-state index contributed by atoms with van der Waals surface area (Å²) in [7, 11) is -1.82. The van der Waals surface area contributed by atoms with Gasteiger partial charge < -0.3 is 10.3 Å². The van der Waals surface area contributed by atoms with Gasteiger partial charge in [-0.2, -0.15) is 0 Å². The number of rotatable bonds is 5. The topological polar surface area (TPSA) is 86.9 Å². The Hall–Kier alpha value is -1.38. The van der Waals surface area contributed by atoms with E-state index in [2.05, 4.69) is 35.9 Å². The Bertz CT molecular complexity index is 652. The van der Waals surface area contributed by atoms with Crippen molar-refractivity contribution in [2.24, 2.45) is 0 Å². The summed E-state index contributed by atoms with van der Waals surface area (Å²) in [5, 5.41) is 2.94. The molecule has 6 nitrogen and oxygen atoms in total. The molecule has 0 saturated carbocycles. The van der Waals surface area contributed by atoms with Gasteiger partial charge in [0.05, 0.1) is 0 Å². The van der Waals surface area contributed by atoms with Crippen LogP contribution >= 0.6 is 15.9 Å². The van der Waals surface area contributed by atoms with Crippen molar-refractivity contribution in [2.75, 3.05) is 11.8 Å². The van der Waals surface area contributed by atoms with Gasteiger partial charge in [0.2, 0.25) is 0 Å². The lowest BCUT2D eigenvalue weighted by molar-refractivity contribution is 0.601. The third-order valence-corrected chi connectivity index (χ3v) is 4.16. The molecule has 0 spiro atoms. The molecule has 0 aliphatic rings. The van der Waals surface area contributed by atoms with Crippen LogP contribution in [0.4, 0.5) is 5.82 Å². The van der Waals surface area contributed by atoms with Crippen LogP contribution in [0.3, 0.4) is 0 Å². The quantitative estimate of drug-likeness (QED) is 0.770. The van der Waals surface area contributed by atoms with Gasteiger partial charge in [0.25, 0.3) is 10.0 Å². The molecule has 0 fully saturated rings. The average molecular weight is 345 g/mol. The van der Waals surface area contributed by atoms with Gasteiger partial charge >= 0.3 is 0 Å². The molecule has 2 heterocycles. The summed E-state index contributed by atoms with van der Waals surface area (Å²) >= 11 is 3.24. The molecule has 0 saturated heterocycles. The highest BCUT2D eigenvalue weighted by Crippen LogP contribution is 2.16. The SMILES string of the molecule is CNCc1cc(S(=O)(=O)Nc2ccc(Br)cn2)c[nH]1. The Morgan fingerprint density at radius 2 is 2.21 bits per heavy atom. The number of halogens is 1. The zero-order chi connectivity index (χ0) is 13.9. The second-order valence-corrected chi connectivity index (χ2v) is 6.46. The monoisotopic (exact) mass is 344 g/mol. The number of pyridine rings is 1. The second kappa shape index (κ2) is 5.72. The first-order chi connectivity index (χ1) is 9.01. The van der Waals surface area contributed by atoms with Gasteiger partial charge in [0.15, 0.2) is 0 Å². The van der Waals surface area contributed by atoms with E-state index < -0.39 is 10.0 Å². The smallest absolute Gasteiger partial charge is 0.264 e. The van der Waals surface area contributed by atoms with Crippen LogP contribution in [0, 0.1) is 0 Å². The van der Waals surface area contributed by atoms with Crippen LogP contribution in [-0.2, 0) is 16.6 Å². The molecule has 0 unspecified atom stereocenters. The van der Waals surface area contributed by atoms with Gasteiger partial charge in [-0.15, -0.1) is 0 Å². The molecule has 0 atom stereocenters. The van der Waals surface area contributed by atoms with Crippen molar-refractivity contribution in [1.29, 1.82) is 0 Å². The van der Waals surface area contributed by atoms with Gasteiger partial charge in [-0.1, -0.05) is 0 Å². The average Bonchev–Trinajstić information content (AvgIpc) is 2.82. The third kappa shape index (κ3) is 3.55. The minimum atomic E-state index is -3.61. The highest BCUT2D eigenvalue weighted by atomic mass is 79.9. The zero-order valence-corrected chi connectivity index (χ0v) is 12.5. The molecular weight excluding hydrogens is 332 g/mol. The maximum Gasteiger partial charge on any atom is 0.264 e. The van der Waals surface area contributed by atoms with Crippen LogP contribution in [0.2, 0.25) is 0 Å². The maximum absolute atomic E-state index is 12.1. The van der Waals surface area contributed by atoms with E-state index in [1.165, 1.54) is 12.4 Å². The van der Waals surface area contributed by atoms with Crippen molar-refractivity contribution in [3.8, 4) is 0 Å². The van der Waals surface area contributed by atoms with Crippen molar-refractivity contribution in [3.63, 3.8) is 0 Å². The largest absolute Gasteiger partial charge is 0.363 e. The fraction of sp³-hybridized carbons (Fsp3) is 0.182. The summed E-state index contributed by atoms with van der Waals surface area (Å²) in [4.78, 5) is 7.05. The number of hydrogen-bond acceptors (Lipinski definition) is 4. The maximum atomic E-state index is 12.1. The van der Waals surface area contributed by atoms with Crippen LogP contribution in [0.15, 0.2) is 40.0 Å². The zero-order valence-electron chi connectivity index (χ0n) is 10.1. The Morgan fingerprint density at radius 3 is 2.84 bits per heavy atom. The highest BCUT2D eigenvalue weighted by molar-refractivity contribution is 9.10. The van der Waals surface area contributed by atoms with Crippen molar-refractivity contribution >= 4 is 31.8 Å². The molecule has 2 aromatic rings. The lowest BCUT2D eigenvalue weighted by Gasteiger charge is -2.05. The number of aromatic nitrogens is 2. The van der Waals surface area contributed by atoms with Crippen molar-refractivity contribution in [1.82, 2.24) is 15.3 Å².